The molecule has 0 aliphatic carbocycles. The fourth-order valence-corrected chi connectivity index (χ4v) is 5.42. The fourth-order valence-electron chi connectivity index (χ4n) is 2.26. The van der Waals surface area contributed by atoms with E-state index in [0.29, 0.717) is 26.3 Å². The van der Waals surface area contributed by atoms with Gasteiger partial charge in [0, 0.05) is 26.3 Å². The Bertz CT molecular complexity index is 473. The van der Waals surface area contributed by atoms with E-state index in [1.54, 1.807) is 0 Å². The second-order valence-electron chi connectivity index (χ2n) is 4.62. The highest BCUT2D eigenvalue weighted by atomic mass is 28.4. The van der Waals surface area contributed by atoms with Crippen LogP contribution in [0.2, 0.25) is 0 Å². The van der Waals surface area contributed by atoms with E-state index in [0.717, 1.165) is 10.4 Å². The molecule has 0 spiro atoms. The van der Waals surface area contributed by atoms with E-state index < -0.39 is 8.56 Å². The summed E-state index contributed by atoms with van der Waals surface area (Å²) in [4.78, 5) is 0. The minimum atomic E-state index is -2.75. The molecule has 21 heavy (non-hydrogen) atoms. The molecule has 0 aliphatic heterocycles. The van der Waals surface area contributed by atoms with Crippen LogP contribution in [-0.4, -0.2) is 34.9 Å². The van der Waals surface area contributed by atoms with Crippen molar-refractivity contribution >= 4 is 18.9 Å². The van der Waals surface area contributed by atoms with Crippen molar-refractivity contribution in [2.24, 2.45) is 11.5 Å². The molecule has 2 aromatic carbocycles. The van der Waals surface area contributed by atoms with Crippen molar-refractivity contribution in [2.45, 2.75) is 0 Å². The Morgan fingerprint density at radius 1 is 0.667 bits per heavy atom. The van der Waals surface area contributed by atoms with Gasteiger partial charge in [-0.1, -0.05) is 60.7 Å². The molecule has 2 rings (SSSR count). The second kappa shape index (κ2) is 8.07. The van der Waals surface area contributed by atoms with E-state index in [9.17, 15) is 0 Å². The Morgan fingerprint density at radius 2 is 1.05 bits per heavy atom. The average Bonchev–Trinajstić information content (AvgIpc) is 2.57. The second-order valence-corrected chi connectivity index (χ2v) is 7.59. The standard InChI is InChI=1S/C16H22N2O2Si/c17-11-13-19-21(20-14-12-18,15-7-3-1-4-8-15)16-9-5-2-6-10-16/h1-10H,11-14,17-18H2. The topological polar surface area (TPSA) is 70.5 Å². The van der Waals surface area contributed by atoms with Crippen LogP contribution in [0.4, 0.5) is 0 Å². The molecule has 5 heteroatoms. The van der Waals surface area contributed by atoms with Crippen molar-refractivity contribution in [3.63, 3.8) is 0 Å². The third-order valence-electron chi connectivity index (χ3n) is 3.15. The van der Waals surface area contributed by atoms with Crippen LogP contribution in [0.15, 0.2) is 60.7 Å². The number of hydrogen-bond donors (Lipinski definition) is 2. The first kappa shape index (κ1) is 15.9. The van der Waals surface area contributed by atoms with Gasteiger partial charge in [0.15, 0.2) is 0 Å². The number of hydrogen-bond acceptors (Lipinski definition) is 4. The summed E-state index contributed by atoms with van der Waals surface area (Å²) < 4.78 is 12.4. The van der Waals surface area contributed by atoms with E-state index in [2.05, 4.69) is 0 Å². The monoisotopic (exact) mass is 302 g/mol. The van der Waals surface area contributed by atoms with E-state index in [1.165, 1.54) is 0 Å². The summed E-state index contributed by atoms with van der Waals surface area (Å²) in [7, 11) is -2.75. The third-order valence-corrected chi connectivity index (χ3v) is 6.56. The van der Waals surface area contributed by atoms with Crippen LogP contribution in [-0.2, 0) is 8.85 Å². The average molecular weight is 302 g/mol. The summed E-state index contributed by atoms with van der Waals surface area (Å²) >= 11 is 0. The zero-order valence-electron chi connectivity index (χ0n) is 12.1. The summed E-state index contributed by atoms with van der Waals surface area (Å²) in [6.07, 6.45) is 0. The van der Waals surface area contributed by atoms with Crippen LogP contribution in [0.3, 0.4) is 0 Å². The maximum atomic E-state index is 6.19. The molecule has 2 aromatic rings. The van der Waals surface area contributed by atoms with Crippen LogP contribution in [0, 0.1) is 0 Å². The zero-order valence-corrected chi connectivity index (χ0v) is 13.1. The number of benzene rings is 2. The summed E-state index contributed by atoms with van der Waals surface area (Å²) in [5, 5.41) is 2.14. The quantitative estimate of drug-likeness (QED) is 0.683. The summed E-state index contributed by atoms with van der Waals surface area (Å²) in [6.45, 7) is 1.84. The van der Waals surface area contributed by atoms with Crippen molar-refractivity contribution in [3.05, 3.63) is 60.7 Å². The van der Waals surface area contributed by atoms with Gasteiger partial charge in [0.05, 0.1) is 0 Å². The van der Waals surface area contributed by atoms with Crippen molar-refractivity contribution in [2.75, 3.05) is 26.3 Å². The molecule has 0 saturated heterocycles. The van der Waals surface area contributed by atoms with Crippen molar-refractivity contribution in [1.82, 2.24) is 0 Å². The summed E-state index contributed by atoms with van der Waals surface area (Å²) in [5.41, 5.74) is 11.3. The van der Waals surface area contributed by atoms with Crippen molar-refractivity contribution < 1.29 is 8.85 Å². The lowest BCUT2D eigenvalue weighted by Gasteiger charge is -2.31. The SMILES string of the molecule is NCCO[Si](OCCN)(c1ccccc1)c1ccccc1. The highest BCUT2D eigenvalue weighted by molar-refractivity contribution is 6.92. The molecular formula is C16H22N2O2Si. The number of nitrogens with two attached hydrogens (primary N) is 2. The van der Waals surface area contributed by atoms with Crippen LogP contribution >= 0.6 is 0 Å². The summed E-state index contributed by atoms with van der Waals surface area (Å²) in [6, 6.07) is 20.2. The molecule has 0 saturated carbocycles. The van der Waals surface area contributed by atoms with E-state index in [1.807, 2.05) is 60.7 Å². The van der Waals surface area contributed by atoms with Gasteiger partial charge in [-0.3, -0.25) is 0 Å². The predicted octanol–water partition coefficient (Wildman–Crippen LogP) is 0.194. The molecule has 0 fully saturated rings. The van der Waals surface area contributed by atoms with Crippen LogP contribution < -0.4 is 21.8 Å². The molecular weight excluding hydrogens is 280 g/mol. The molecule has 112 valence electrons. The van der Waals surface area contributed by atoms with Gasteiger partial charge in [-0.15, -0.1) is 0 Å². The van der Waals surface area contributed by atoms with Gasteiger partial charge in [0.2, 0.25) is 0 Å². The highest BCUT2D eigenvalue weighted by Crippen LogP contribution is 2.09. The van der Waals surface area contributed by atoms with E-state index in [-0.39, 0.29) is 0 Å². The molecule has 0 atom stereocenters. The normalized spacial score (nSPS) is 11.5. The van der Waals surface area contributed by atoms with E-state index >= 15 is 0 Å². The molecule has 0 unspecified atom stereocenters. The lowest BCUT2D eigenvalue weighted by atomic mass is 10.4. The van der Waals surface area contributed by atoms with Crippen molar-refractivity contribution in [1.29, 1.82) is 0 Å². The number of rotatable bonds is 8. The minimum Gasteiger partial charge on any atom is -0.386 e. The molecule has 0 aromatic heterocycles. The minimum absolute atomic E-state index is 0.459. The molecule has 0 aliphatic rings. The van der Waals surface area contributed by atoms with Gasteiger partial charge < -0.3 is 20.3 Å². The third kappa shape index (κ3) is 3.78. The summed E-state index contributed by atoms with van der Waals surface area (Å²) in [5.74, 6) is 0. The van der Waals surface area contributed by atoms with E-state index in [4.69, 9.17) is 20.3 Å². The maximum absolute atomic E-state index is 6.19. The van der Waals surface area contributed by atoms with Gasteiger partial charge >= 0.3 is 8.56 Å². The van der Waals surface area contributed by atoms with Crippen LogP contribution in [0.25, 0.3) is 0 Å². The van der Waals surface area contributed by atoms with Gasteiger partial charge in [-0.05, 0) is 10.4 Å². The Morgan fingerprint density at radius 3 is 1.38 bits per heavy atom. The van der Waals surface area contributed by atoms with Gasteiger partial charge in [-0.2, -0.15) is 0 Å². The van der Waals surface area contributed by atoms with Gasteiger partial charge in [0.25, 0.3) is 0 Å². The molecule has 0 amide bonds. The molecule has 4 N–H and O–H groups in total. The largest absolute Gasteiger partial charge is 0.407 e. The lowest BCUT2D eigenvalue weighted by Crippen LogP contribution is -2.64. The Balaban J connectivity index is 2.48. The smallest absolute Gasteiger partial charge is 0.386 e. The fraction of sp³-hybridized carbons (Fsp3) is 0.250. The van der Waals surface area contributed by atoms with Gasteiger partial charge in [0.1, 0.15) is 0 Å². The molecule has 0 bridgehead atoms. The Labute approximate surface area is 126 Å². The first-order chi connectivity index (χ1) is 10.3. The Hall–Kier alpha value is -1.50. The molecule has 4 nitrogen and oxygen atoms in total. The molecule has 0 heterocycles. The van der Waals surface area contributed by atoms with Gasteiger partial charge in [-0.25, -0.2) is 0 Å². The zero-order chi connectivity index (χ0) is 15.0. The van der Waals surface area contributed by atoms with Crippen LogP contribution in [0.5, 0.6) is 0 Å². The van der Waals surface area contributed by atoms with Crippen molar-refractivity contribution in [3.8, 4) is 0 Å². The molecule has 0 radical (unpaired) electrons. The lowest BCUT2D eigenvalue weighted by molar-refractivity contribution is 0.200. The highest BCUT2D eigenvalue weighted by Gasteiger charge is 2.42. The maximum Gasteiger partial charge on any atom is 0.407 e. The van der Waals surface area contributed by atoms with Crippen LogP contribution in [0.1, 0.15) is 0 Å². The first-order valence-corrected chi connectivity index (χ1v) is 8.94. The first-order valence-electron chi connectivity index (χ1n) is 7.12. The predicted molar refractivity (Wildman–Crippen MR) is 87.9 cm³/mol. The Kier molecular flexibility index (Phi) is 6.10.